The lowest BCUT2D eigenvalue weighted by Gasteiger charge is -2.25. The number of hydrogen-bond acceptors (Lipinski definition) is 3. The van der Waals surface area contributed by atoms with E-state index in [-0.39, 0.29) is 0 Å². The molecule has 2 rings (SSSR count). The van der Waals surface area contributed by atoms with E-state index in [1.807, 2.05) is 6.92 Å². The van der Waals surface area contributed by atoms with Crippen LogP contribution in [-0.2, 0) is 16.6 Å². The van der Waals surface area contributed by atoms with Gasteiger partial charge >= 0.3 is 0 Å². The van der Waals surface area contributed by atoms with Crippen molar-refractivity contribution in [1.82, 2.24) is 4.72 Å². The molecule has 0 bridgehead atoms. The summed E-state index contributed by atoms with van der Waals surface area (Å²) in [6.45, 7) is 2.87. The average molecular weight is 268 g/mol. The first kappa shape index (κ1) is 13.5. The zero-order chi connectivity index (χ0) is 13.2. The van der Waals surface area contributed by atoms with Crippen LogP contribution < -0.4 is 10.5 Å². The molecule has 0 saturated heterocycles. The van der Waals surface area contributed by atoms with Gasteiger partial charge in [-0.3, -0.25) is 0 Å². The summed E-state index contributed by atoms with van der Waals surface area (Å²) in [5.41, 5.74) is 7.47. The summed E-state index contributed by atoms with van der Waals surface area (Å²) in [6.07, 6.45) is 3.48. The second-order valence-electron chi connectivity index (χ2n) is 4.94. The molecule has 1 saturated carbocycles. The highest BCUT2D eigenvalue weighted by molar-refractivity contribution is 7.89. The lowest BCUT2D eigenvalue weighted by Crippen LogP contribution is -2.32. The Kier molecular flexibility index (Phi) is 4.04. The third-order valence-corrected chi connectivity index (χ3v) is 5.05. The van der Waals surface area contributed by atoms with Gasteiger partial charge in [0.05, 0.1) is 4.90 Å². The predicted octanol–water partition coefficient (Wildman–Crippen LogP) is 1.53. The van der Waals surface area contributed by atoms with Crippen molar-refractivity contribution < 1.29 is 8.42 Å². The molecule has 1 aromatic carbocycles. The number of aryl methyl sites for hydroxylation is 1. The molecule has 0 aromatic heterocycles. The van der Waals surface area contributed by atoms with Gasteiger partial charge in [0.1, 0.15) is 0 Å². The molecule has 4 nitrogen and oxygen atoms in total. The van der Waals surface area contributed by atoms with Gasteiger partial charge in [-0.05, 0) is 48.9 Å². The zero-order valence-corrected chi connectivity index (χ0v) is 11.5. The van der Waals surface area contributed by atoms with Gasteiger partial charge in [0.2, 0.25) is 10.0 Å². The Labute approximate surface area is 109 Å². The maximum absolute atomic E-state index is 12.1. The van der Waals surface area contributed by atoms with Crippen LogP contribution in [0.15, 0.2) is 23.1 Å². The Morgan fingerprint density at radius 2 is 2.11 bits per heavy atom. The van der Waals surface area contributed by atoms with Crippen molar-refractivity contribution in [3.8, 4) is 0 Å². The van der Waals surface area contributed by atoms with Gasteiger partial charge in [0, 0.05) is 13.1 Å². The molecule has 1 aliphatic carbocycles. The van der Waals surface area contributed by atoms with Crippen LogP contribution >= 0.6 is 0 Å². The van der Waals surface area contributed by atoms with Gasteiger partial charge in [-0.25, -0.2) is 13.1 Å². The quantitative estimate of drug-likeness (QED) is 0.850. The molecule has 0 spiro atoms. The molecule has 100 valence electrons. The Hall–Kier alpha value is -0.910. The molecule has 5 heteroatoms. The highest BCUT2D eigenvalue weighted by Gasteiger charge is 2.21. The van der Waals surface area contributed by atoms with Gasteiger partial charge in [0.25, 0.3) is 0 Å². The fourth-order valence-electron chi connectivity index (χ4n) is 2.07. The smallest absolute Gasteiger partial charge is 0.240 e. The summed E-state index contributed by atoms with van der Waals surface area (Å²) in [6, 6.07) is 5.09. The molecule has 18 heavy (non-hydrogen) atoms. The first-order valence-electron chi connectivity index (χ1n) is 6.32. The first-order valence-corrected chi connectivity index (χ1v) is 7.80. The van der Waals surface area contributed by atoms with Crippen LogP contribution in [0.4, 0.5) is 0 Å². The van der Waals surface area contributed by atoms with Crippen LogP contribution in [0.5, 0.6) is 0 Å². The van der Waals surface area contributed by atoms with Crippen LogP contribution in [0.2, 0.25) is 0 Å². The maximum Gasteiger partial charge on any atom is 0.240 e. The van der Waals surface area contributed by atoms with Gasteiger partial charge in [-0.15, -0.1) is 0 Å². The van der Waals surface area contributed by atoms with Crippen LogP contribution in [-0.4, -0.2) is 15.0 Å². The topological polar surface area (TPSA) is 72.2 Å². The first-order chi connectivity index (χ1) is 8.53. The number of benzene rings is 1. The van der Waals surface area contributed by atoms with Gasteiger partial charge in [-0.1, -0.05) is 12.5 Å². The fourth-order valence-corrected chi connectivity index (χ4v) is 3.27. The second-order valence-corrected chi connectivity index (χ2v) is 6.71. The SMILES string of the molecule is Cc1cc(S(=O)(=O)NCC2CCC2)ccc1CN. The molecule has 1 fully saturated rings. The van der Waals surface area contributed by atoms with E-state index >= 15 is 0 Å². The van der Waals surface area contributed by atoms with Crippen molar-refractivity contribution in [2.45, 2.75) is 37.6 Å². The zero-order valence-electron chi connectivity index (χ0n) is 10.6. The molecule has 0 aliphatic heterocycles. The van der Waals surface area contributed by atoms with Crippen LogP contribution in [0.1, 0.15) is 30.4 Å². The Bertz CT molecular complexity index is 522. The van der Waals surface area contributed by atoms with Crippen LogP contribution in [0.25, 0.3) is 0 Å². The minimum atomic E-state index is -3.37. The van der Waals surface area contributed by atoms with E-state index in [0.29, 0.717) is 23.9 Å². The van der Waals surface area contributed by atoms with E-state index in [2.05, 4.69) is 4.72 Å². The monoisotopic (exact) mass is 268 g/mol. The van der Waals surface area contributed by atoms with Crippen molar-refractivity contribution in [3.63, 3.8) is 0 Å². The molecular weight excluding hydrogens is 248 g/mol. The van der Waals surface area contributed by atoms with E-state index in [0.717, 1.165) is 24.0 Å². The van der Waals surface area contributed by atoms with Crippen LogP contribution in [0, 0.1) is 12.8 Å². The van der Waals surface area contributed by atoms with E-state index in [9.17, 15) is 8.42 Å². The number of sulfonamides is 1. The summed E-state index contributed by atoms with van der Waals surface area (Å²) in [7, 11) is -3.37. The van der Waals surface area contributed by atoms with Gasteiger partial charge in [0.15, 0.2) is 0 Å². The third-order valence-electron chi connectivity index (χ3n) is 3.63. The molecule has 3 N–H and O–H groups in total. The maximum atomic E-state index is 12.1. The van der Waals surface area contributed by atoms with Crippen molar-refractivity contribution in [1.29, 1.82) is 0 Å². The molecule has 1 aromatic rings. The lowest BCUT2D eigenvalue weighted by atomic mass is 9.86. The van der Waals surface area contributed by atoms with E-state index in [1.54, 1.807) is 18.2 Å². The highest BCUT2D eigenvalue weighted by atomic mass is 32.2. The predicted molar refractivity (Wildman–Crippen MR) is 71.6 cm³/mol. The highest BCUT2D eigenvalue weighted by Crippen LogP contribution is 2.25. The van der Waals surface area contributed by atoms with Gasteiger partial charge in [-0.2, -0.15) is 0 Å². The normalized spacial score (nSPS) is 16.6. The van der Waals surface area contributed by atoms with E-state index < -0.39 is 10.0 Å². The number of hydrogen-bond donors (Lipinski definition) is 2. The summed E-state index contributed by atoms with van der Waals surface area (Å²) in [4.78, 5) is 0.330. The Morgan fingerprint density at radius 3 is 2.61 bits per heavy atom. The number of nitrogens with two attached hydrogens (primary N) is 1. The summed E-state index contributed by atoms with van der Waals surface area (Å²) in [5.74, 6) is 0.518. The second kappa shape index (κ2) is 5.38. The van der Waals surface area contributed by atoms with E-state index in [4.69, 9.17) is 5.73 Å². The standard InChI is InChI=1S/C13H20N2O2S/c1-10-7-13(6-5-12(10)8-14)18(16,17)15-9-11-3-2-4-11/h5-7,11,15H,2-4,8-9,14H2,1H3. The number of nitrogens with one attached hydrogen (secondary N) is 1. The summed E-state index contributed by atoms with van der Waals surface area (Å²) in [5, 5.41) is 0. The van der Waals surface area contributed by atoms with Crippen LogP contribution in [0.3, 0.4) is 0 Å². The summed E-state index contributed by atoms with van der Waals surface area (Å²) >= 11 is 0. The molecule has 0 radical (unpaired) electrons. The molecule has 0 heterocycles. The average Bonchev–Trinajstić information content (AvgIpc) is 2.26. The van der Waals surface area contributed by atoms with Crippen molar-refractivity contribution in [2.24, 2.45) is 11.7 Å². The fraction of sp³-hybridized carbons (Fsp3) is 0.538. The lowest BCUT2D eigenvalue weighted by molar-refractivity contribution is 0.316. The minimum Gasteiger partial charge on any atom is -0.326 e. The van der Waals surface area contributed by atoms with Crippen molar-refractivity contribution in [2.75, 3.05) is 6.54 Å². The molecular formula is C13H20N2O2S. The van der Waals surface area contributed by atoms with E-state index in [1.165, 1.54) is 6.42 Å². The summed E-state index contributed by atoms with van der Waals surface area (Å²) < 4.78 is 26.9. The number of rotatable bonds is 5. The minimum absolute atomic E-state index is 0.330. The molecule has 0 atom stereocenters. The Morgan fingerprint density at radius 1 is 1.39 bits per heavy atom. The molecule has 0 unspecified atom stereocenters. The van der Waals surface area contributed by atoms with Crippen molar-refractivity contribution >= 4 is 10.0 Å². The third kappa shape index (κ3) is 2.91. The Balaban J connectivity index is 2.10. The van der Waals surface area contributed by atoms with Crippen molar-refractivity contribution in [3.05, 3.63) is 29.3 Å². The molecule has 0 amide bonds. The largest absolute Gasteiger partial charge is 0.326 e. The molecule has 1 aliphatic rings. The van der Waals surface area contributed by atoms with Gasteiger partial charge < -0.3 is 5.73 Å².